The Kier molecular flexibility index (Phi) is 4.19. The number of nitrogens with one attached hydrogen (secondary N) is 1. The van der Waals surface area contributed by atoms with Crippen molar-refractivity contribution in [3.63, 3.8) is 0 Å². The summed E-state index contributed by atoms with van der Waals surface area (Å²) in [6.45, 7) is 0. The fourth-order valence-corrected chi connectivity index (χ4v) is 3.95. The summed E-state index contributed by atoms with van der Waals surface area (Å²) in [4.78, 5) is 2.35. The van der Waals surface area contributed by atoms with E-state index in [4.69, 9.17) is 0 Å². The Labute approximate surface area is 133 Å². The molecular weight excluding hydrogens is 357 g/mol. The molecule has 0 radical (unpaired) electrons. The first-order valence-electron chi connectivity index (χ1n) is 6.02. The van der Waals surface area contributed by atoms with Gasteiger partial charge in [-0.05, 0) is 41.1 Å². The Morgan fingerprint density at radius 1 is 1.00 bits per heavy atom. The SMILES string of the molecule is Fc1cc(Br)ccc1NC(c1cccs1)c1cccs1. The zero-order valence-corrected chi connectivity index (χ0v) is 13.6. The molecule has 3 rings (SSSR count). The number of hydrogen-bond donors (Lipinski definition) is 1. The molecule has 5 heteroatoms. The summed E-state index contributed by atoms with van der Waals surface area (Å²) in [6.07, 6.45) is 0. The minimum Gasteiger partial charge on any atom is -0.370 e. The van der Waals surface area contributed by atoms with Crippen LogP contribution in [0.25, 0.3) is 0 Å². The van der Waals surface area contributed by atoms with Gasteiger partial charge in [-0.2, -0.15) is 0 Å². The number of rotatable bonds is 4. The molecule has 1 N–H and O–H groups in total. The van der Waals surface area contributed by atoms with Crippen molar-refractivity contribution in [2.24, 2.45) is 0 Å². The highest BCUT2D eigenvalue weighted by Gasteiger charge is 2.17. The van der Waals surface area contributed by atoms with E-state index in [1.54, 1.807) is 28.7 Å². The molecule has 1 nitrogen and oxygen atoms in total. The van der Waals surface area contributed by atoms with Crippen LogP contribution in [0.3, 0.4) is 0 Å². The Morgan fingerprint density at radius 2 is 1.65 bits per heavy atom. The standard InChI is InChI=1S/C15H11BrFNS2/c16-10-5-6-12(11(17)9-10)18-15(13-3-1-7-19-13)14-4-2-8-20-14/h1-9,15,18H. The van der Waals surface area contributed by atoms with Crippen molar-refractivity contribution < 1.29 is 4.39 Å². The van der Waals surface area contributed by atoms with Crippen molar-refractivity contribution >= 4 is 44.3 Å². The first-order valence-corrected chi connectivity index (χ1v) is 8.57. The van der Waals surface area contributed by atoms with Gasteiger partial charge in [0.05, 0.1) is 11.7 Å². The van der Waals surface area contributed by atoms with Crippen LogP contribution in [-0.4, -0.2) is 0 Å². The van der Waals surface area contributed by atoms with E-state index in [1.165, 1.54) is 15.8 Å². The second-order valence-corrected chi connectivity index (χ2v) is 7.11. The van der Waals surface area contributed by atoms with Crippen LogP contribution >= 0.6 is 38.6 Å². The van der Waals surface area contributed by atoms with Crippen molar-refractivity contribution in [1.82, 2.24) is 0 Å². The van der Waals surface area contributed by atoms with Gasteiger partial charge in [0.25, 0.3) is 0 Å². The van der Waals surface area contributed by atoms with Crippen molar-refractivity contribution in [2.45, 2.75) is 6.04 Å². The van der Waals surface area contributed by atoms with Gasteiger partial charge in [-0.25, -0.2) is 4.39 Å². The summed E-state index contributed by atoms with van der Waals surface area (Å²) in [6, 6.07) is 13.2. The fourth-order valence-electron chi connectivity index (χ4n) is 1.96. The molecule has 0 atom stereocenters. The molecule has 1 aromatic carbocycles. The van der Waals surface area contributed by atoms with E-state index >= 15 is 0 Å². The maximum absolute atomic E-state index is 14.0. The lowest BCUT2D eigenvalue weighted by molar-refractivity contribution is 0.628. The van der Waals surface area contributed by atoms with E-state index < -0.39 is 0 Å². The molecule has 0 saturated carbocycles. The van der Waals surface area contributed by atoms with Crippen LogP contribution in [0.4, 0.5) is 10.1 Å². The van der Waals surface area contributed by atoms with E-state index in [1.807, 2.05) is 29.0 Å². The van der Waals surface area contributed by atoms with Crippen LogP contribution in [0.15, 0.2) is 57.7 Å². The maximum atomic E-state index is 14.0. The lowest BCUT2D eigenvalue weighted by atomic mass is 10.2. The van der Waals surface area contributed by atoms with Crippen molar-refractivity contribution in [1.29, 1.82) is 0 Å². The molecule has 20 heavy (non-hydrogen) atoms. The van der Waals surface area contributed by atoms with Crippen molar-refractivity contribution in [3.8, 4) is 0 Å². The van der Waals surface area contributed by atoms with Crippen molar-refractivity contribution in [3.05, 3.63) is 73.3 Å². The summed E-state index contributed by atoms with van der Waals surface area (Å²) in [5, 5.41) is 7.38. The van der Waals surface area contributed by atoms with E-state index in [9.17, 15) is 4.39 Å². The quantitative estimate of drug-likeness (QED) is 0.603. The highest BCUT2D eigenvalue weighted by Crippen LogP contribution is 2.33. The molecule has 0 saturated heterocycles. The first kappa shape index (κ1) is 13.8. The summed E-state index contributed by atoms with van der Waals surface area (Å²) in [5.74, 6) is -0.252. The molecule has 0 amide bonds. The summed E-state index contributed by atoms with van der Waals surface area (Å²) < 4.78 is 14.7. The minimum atomic E-state index is -0.252. The van der Waals surface area contributed by atoms with Crippen LogP contribution in [0.2, 0.25) is 0 Å². The number of hydrogen-bond acceptors (Lipinski definition) is 3. The summed E-state index contributed by atoms with van der Waals surface area (Å²) in [5.41, 5.74) is 0.514. The highest BCUT2D eigenvalue weighted by atomic mass is 79.9. The Morgan fingerprint density at radius 3 is 2.15 bits per heavy atom. The molecular formula is C15H11BrFNS2. The Balaban J connectivity index is 1.95. The van der Waals surface area contributed by atoms with Crippen LogP contribution in [-0.2, 0) is 0 Å². The fraction of sp³-hybridized carbons (Fsp3) is 0.0667. The molecule has 0 unspecified atom stereocenters. The minimum absolute atomic E-state index is 0.00863. The predicted molar refractivity (Wildman–Crippen MR) is 88.2 cm³/mol. The molecule has 0 fully saturated rings. The Bertz CT molecular complexity index is 646. The maximum Gasteiger partial charge on any atom is 0.147 e. The monoisotopic (exact) mass is 367 g/mol. The number of anilines is 1. The molecule has 2 heterocycles. The molecule has 0 aliphatic heterocycles. The number of thiophene rings is 2. The third-order valence-electron chi connectivity index (χ3n) is 2.89. The van der Waals surface area contributed by atoms with Gasteiger partial charge >= 0.3 is 0 Å². The predicted octanol–water partition coefficient (Wildman–Crippen LogP) is 5.91. The topological polar surface area (TPSA) is 12.0 Å². The van der Waals surface area contributed by atoms with Gasteiger partial charge in [0.1, 0.15) is 5.82 Å². The van der Waals surface area contributed by atoms with Crippen molar-refractivity contribution in [2.75, 3.05) is 5.32 Å². The molecule has 2 aromatic heterocycles. The molecule has 0 bridgehead atoms. The average Bonchev–Trinajstić information content (AvgIpc) is 3.11. The molecule has 102 valence electrons. The van der Waals surface area contributed by atoms with Gasteiger partial charge in [0, 0.05) is 14.2 Å². The highest BCUT2D eigenvalue weighted by molar-refractivity contribution is 9.10. The van der Waals surface area contributed by atoms with E-state index in [0.29, 0.717) is 5.69 Å². The molecule has 0 aliphatic carbocycles. The molecule has 3 aromatic rings. The number of halogens is 2. The van der Waals surface area contributed by atoms with Crippen LogP contribution in [0, 0.1) is 5.82 Å². The largest absolute Gasteiger partial charge is 0.370 e. The second kappa shape index (κ2) is 6.08. The summed E-state index contributed by atoms with van der Waals surface area (Å²) in [7, 11) is 0. The van der Waals surface area contributed by atoms with Gasteiger partial charge in [-0.1, -0.05) is 28.1 Å². The molecule has 0 spiro atoms. The lowest BCUT2D eigenvalue weighted by Crippen LogP contribution is -2.10. The van der Waals surface area contributed by atoms with Crippen LogP contribution < -0.4 is 5.32 Å². The molecule has 0 aliphatic rings. The third kappa shape index (κ3) is 2.95. The van der Waals surface area contributed by atoms with Crippen LogP contribution in [0.5, 0.6) is 0 Å². The first-order chi connectivity index (χ1) is 9.74. The average molecular weight is 368 g/mol. The van der Waals surface area contributed by atoms with Gasteiger partial charge in [0.2, 0.25) is 0 Å². The normalized spacial score (nSPS) is 10.9. The summed E-state index contributed by atoms with van der Waals surface area (Å²) >= 11 is 6.62. The zero-order chi connectivity index (χ0) is 13.9. The lowest BCUT2D eigenvalue weighted by Gasteiger charge is -2.18. The van der Waals surface area contributed by atoms with Gasteiger partial charge in [-0.15, -0.1) is 22.7 Å². The smallest absolute Gasteiger partial charge is 0.147 e. The van der Waals surface area contributed by atoms with Gasteiger partial charge in [-0.3, -0.25) is 0 Å². The zero-order valence-electron chi connectivity index (χ0n) is 10.3. The second-order valence-electron chi connectivity index (χ2n) is 4.23. The van der Waals surface area contributed by atoms with Gasteiger partial charge < -0.3 is 5.32 Å². The van der Waals surface area contributed by atoms with E-state index in [-0.39, 0.29) is 11.9 Å². The third-order valence-corrected chi connectivity index (χ3v) is 5.25. The van der Waals surface area contributed by atoms with Crippen LogP contribution in [0.1, 0.15) is 15.8 Å². The number of benzene rings is 1. The Hall–Kier alpha value is -1.17. The van der Waals surface area contributed by atoms with Gasteiger partial charge in [0.15, 0.2) is 0 Å². The van der Waals surface area contributed by atoms with E-state index in [0.717, 1.165) is 4.47 Å². The van der Waals surface area contributed by atoms with E-state index in [2.05, 4.69) is 33.4 Å².